The fourth-order valence-electron chi connectivity index (χ4n) is 2.68. The van der Waals surface area contributed by atoms with Crippen molar-refractivity contribution in [3.63, 3.8) is 0 Å². The fourth-order valence-corrected chi connectivity index (χ4v) is 2.68. The summed E-state index contributed by atoms with van der Waals surface area (Å²) in [5.41, 5.74) is 8.15. The van der Waals surface area contributed by atoms with Crippen LogP contribution in [0, 0.1) is 11.6 Å². The van der Waals surface area contributed by atoms with Gasteiger partial charge in [0.1, 0.15) is 11.8 Å². The summed E-state index contributed by atoms with van der Waals surface area (Å²) in [7, 11) is 0. The van der Waals surface area contributed by atoms with Crippen LogP contribution in [0.3, 0.4) is 0 Å². The van der Waals surface area contributed by atoms with Gasteiger partial charge in [-0.1, -0.05) is 0 Å². The fraction of sp³-hybridized carbons (Fsp3) is 0.500. The molecule has 2 aliphatic heterocycles. The van der Waals surface area contributed by atoms with E-state index < -0.39 is 23.8 Å². The minimum Gasteiger partial charge on any atom is -0.443 e. The Labute approximate surface area is 131 Å². The van der Waals surface area contributed by atoms with E-state index in [-0.39, 0.29) is 24.5 Å². The van der Waals surface area contributed by atoms with Crippen molar-refractivity contribution in [2.45, 2.75) is 6.10 Å². The Morgan fingerprint density at radius 1 is 1.30 bits per heavy atom. The van der Waals surface area contributed by atoms with E-state index in [1.807, 2.05) is 0 Å². The first kappa shape index (κ1) is 15.9. The van der Waals surface area contributed by atoms with Crippen molar-refractivity contribution in [2.75, 3.05) is 49.1 Å². The predicted molar refractivity (Wildman–Crippen MR) is 79.2 cm³/mol. The summed E-state index contributed by atoms with van der Waals surface area (Å²) >= 11 is 0. The Balaban J connectivity index is 1.87. The van der Waals surface area contributed by atoms with E-state index in [0.717, 1.165) is 12.1 Å². The third kappa shape index (κ3) is 3.21. The molecular weight excluding hydrogens is 310 g/mol. The Morgan fingerprint density at radius 3 is 2.70 bits per heavy atom. The Morgan fingerprint density at radius 2 is 2.04 bits per heavy atom. The molecule has 0 aromatic heterocycles. The lowest BCUT2D eigenvalue weighted by molar-refractivity contribution is 0.0589. The highest BCUT2D eigenvalue weighted by atomic mass is 19.1. The molecule has 23 heavy (non-hydrogen) atoms. The third-order valence-electron chi connectivity index (χ3n) is 3.82. The summed E-state index contributed by atoms with van der Waals surface area (Å²) in [6.07, 6.45) is -1.12. The van der Waals surface area contributed by atoms with Crippen molar-refractivity contribution >= 4 is 17.5 Å². The van der Waals surface area contributed by atoms with Gasteiger partial charge in [0.15, 0.2) is 11.6 Å². The summed E-state index contributed by atoms with van der Waals surface area (Å²) in [5, 5.41) is 0. The number of cyclic esters (lactones) is 1. The molecule has 2 aliphatic rings. The highest BCUT2D eigenvalue weighted by Crippen LogP contribution is 2.31. The number of carbonyl (C=O) groups is 1. The van der Waals surface area contributed by atoms with Crippen LogP contribution in [0.25, 0.3) is 0 Å². The molecule has 2 fully saturated rings. The maximum absolute atomic E-state index is 14.4. The molecule has 1 atom stereocenters. The maximum Gasteiger partial charge on any atom is 0.414 e. The zero-order valence-corrected chi connectivity index (χ0v) is 12.4. The summed E-state index contributed by atoms with van der Waals surface area (Å²) < 4.78 is 33.9. The Kier molecular flexibility index (Phi) is 4.60. The number of nitrogens with zero attached hydrogens (tertiary/aromatic N) is 2. The van der Waals surface area contributed by atoms with Crippen molar-refractivity contribution in [1.82, 2.24) is 5.48 Å². The van der Waals surface area contributed by atoms with Gasteiger partial charge in [0.05, 0.1) is 18.8 Å². The Hall–Kier alpha value is -1.97. The monoisotopic (exact) mass is 328 g/mol. The first-order chi connectivity index (χ1) is 11.1. The van der Waals surface area contributed by atoms with E-state index in [0.29, 0.717) is 26.2 Å². The van der Waals surface area contributed by atoms with Crippen LogP contribution < -0.4 is 21.0 Å². The number of benzene rings is 1. The van der Waals surface area contributed by atoms with Crippen molar-refractivity contribution in [3.05, 3.63) is 23.8 Å². The second kappa shape index (κ2) is 6.65. The van der Waals surface area contributed by atoms with Gasteiger partial charge in [-0.25, -0.2) is 19.1 Å². The van der Waals surface area contributed by atoms with Gasteiger partial charge in [-0.05, 0) is 0 Å². The van der Waals surface area contributed by atoms with Crippen molar-refractivity contribution in [1.29, 1.82) is 0 Å². The van der Waals surface area contributed by atoms with E-state index in [1.54, 1.807) is 4.90 Å². The molecule has 0 saturated carbocycles. The average molecular weight is 328 g/mol. The predicted octanol–water partition coefficient (Wildman–Crippen LogP) is 0.590. The van der Waals surface area contributed by atoms with Gasteiger partial charge in [0, 0.05) is 38.3 Å². The maximum atomic E-state index is 14.4. The molecule has 0 unspecified atom stereocenters. The van der Waals surface area contributed by atoms with E-state index in [9.17, 15) is 13.6 Å². The molecule has 2 heterocycles. The SMILES string of the molecule is NC[C@H]1CN(c2cc(F)c(N3CCNOCC3)c(F)c2)C(=O)O1. The van der Waals surface area contributed by atoms with Gasteiger partial charge in [-0.2, -0.15) is 0 Å². The minimum atomic E-state index is -0.731. The van der Waals surface area contributed by atoms with E-state index in [2.05, 4.69) is 5.48 Å². The summed E-state index contributed by atoms with van der Waals surface area (Å²) in [6, 6.07) is 2.27. The molecule has 0 radical (unpaired) electrons. The average Bonchev–Trinajstić information content (AvgIpc) is 2.71. The molecule has 3 N–H and O–H groups in total. The van der Waals surface area contributed by atoms with E-state index >= 15 is 0 Å². The van der Waals surface area contributed by atoms with Gasteiger partial charge in [0.2, 0.25) is 0 Å². The molecule has 1 amide bonds. The quantitative estimate of drug-likeness (QED) is 0.845. The molecule has 126 valence electrons. The molecule has 1 aromatic rings. The number of rotatable bonds is 3. The lowest BCUT2D eigenvalue weighted by Crippen LogP contribution is -2.31. The van der Waals surface area contributed by atoms with E-state index in [4.69, 9.17) is 15.3 Å². The topological polar surface area (TPSA) is 80.1 Å². The molecule has 9 heteroatoms. The largest absolute Gasteiger partial charge is 0.443 e. The van der Waals surface area contributed by atoms with Gasteiger partial charge < -0.3 is 15.4 Å². The molecule has 0 spiro atoms. The first-order valence-corrected chi connectivity index (χ1v) is 7.37. The molecule has 3 rings (SSSR count). The number of carbonyl (C=O) groups excluding carboxylic acids is 1. The highest BCUT2D eigenvalue weighted by molar-refractivity contribution is 5.90. The number of anilines is 2. The highest BCUT2D eigenvalue weighted by Gasteiger charge is 2.32. The zero-order valence-electron chi connectivity index (χ0n) is 12.4. The number of hydrogen-bond donors (Lipinski definition) is 2. The smallest absolute Gasteiger partial charge is 0.414 e. The van der Waals surface area contributed by atoms with Crippen LogP contribution in [0.2, 0.25) is 0 Å². The van der Waals surface area contributed by atoms with Crippen LogP contribution in [0.5, 0.6) is 0 Å². The van der Waals surface area contributed by atoms with Crippen molar-refractivity contribution in [2.24, 2.45) is 5.73 Å². The zero-order chi connectivity index (χ0) is 16.4. The number of nitrogens with one attached hydrogen (secondary N) is 1. The van der Waals surface area contributed by atoms with E-state index in [1.165, 1.54) is 4.90 Å². The van der Waals surface area contributed by atoms with Crippen LogP contribution >= 0.6 is 0 Å². The first-order valence-electron chi connectivity index (χ1n) is 7.37. The lowest BCUT2D eigenvalue weighted by atomic mass is 10.2. The number of amides is 1. The number of nitrogens with two attached hydrogens (primary N) is 1. The normalized spacial score (nSPS) is 22.2. The second-order valence-electron chi connectivity index (χ2n) is 5.34. The minimum absolute atomic E-state index is 0.119. The van der Waals surface area contributed by atoms with Crippen molar-refractivity contribution < 1.29 is 23.1 Å². The third-order valence-corrected chi connectivity index (χ3v) is 3.82. The number of hydrogen-bond acceptors (Lipinski definition) is 6. The number of ether oxygens (including phenoxy) is 1. The molecule has 7 nitrogen and oxygen atoms in total. The number of hydroxylamine groups is 1. The van der Waals surface area contributed by atoms with Crippen molar-refractivity contribution in [3.8, 4) is 0 Å². The van der Waals surface area contributed by atoms with Crippen LogP contribution in [0.1, 0.15) is 0 Å². The molecule has 0 aliphatic carbocycles. The molecule has 1 aromatic carbocycles. The number of halogens is 2. The summed E-state index contributed by atoms with van der Waals surface area (Å²) in [4.78, 5) is 19.6. The molecular formula is C14H18F2N4O3. The van der Waals surface area contributed by atoms with Crippen LogP contribution in [-0.4, -0.2) is 51.5 Å². The van der Waals surface area contributed by atoms with Gasteiger partial charge >= 0.3 is 6.09 Å². The lowest BCUT2D eigenvalue weighted by Gasteiger charge is -2.24. The Bertz CT molecular complexity index is 570. The van der Waals surface area contributed by atoms with Gasteiger partial charge in [-0.15, -0.1) is 0 Å². The second-order valence-corrected chi connectivity index (χ2v) is 5.34. The van der Waals surface area contributed by atoms with Crippen LogP contribution in [0.15, 0.2) is 12.1 Å². The van der Waals surface area contributed by atoms with Gasteiger partial charge in [-0.3, -0.25) is 9.74 Å². The van der Waals surface area contributed by atoms with Crippen LogP contribution in [-0.2, 0) is 9.57 Å². The standard InChI is InChI=1S/C14H18F2N4O3/c15-11-5-9(20-8-10(7-17)23-14(20)21)6-12(16)13(11)19-2-1-18-22-4-3-19/h5-6,10,18H,1-4,7-8,17H2/t10-/m0/s1. The molecule has 2 saturated heterocycles. The summed E-state index contributed by atoms with van der Waals surface area (Å²) in [6.45, 7) is 1.88. The summed E-state index contributed by atoms with van der Waals surface area (Å²) in [5.74, 6) is -1.46. The molecule has 0 bridgehead atoms. The van der Waals surface area contributed by atoms with Gasteiger partial charge in [0.25, 0.3) is 0 Å². The van der Waals surface area contributed by atoms with Crippen LogP contribution in [0.4, 0.5) is 25.0 Å².